The lowest BCUT2D eigenvalue weighted by Crippen LogP contribution is -2.45. The Bertz CT molecular complexity index is 1140. The number of ether oxygens (including phenoxy) is 2. The average Bonchev–Trinajstić information content (AvgIpc) is 2.85. The van der Waals surface area contributed by atoms with Gasteiger partial charge < -0.3 is 25.0 Å². The summed E-state index contributed by atoms with van der Waals surface area (Å²) < 4.78 is 11.2. The SMILES string of the molecule is COc1cc(NC(=O)c2ccc(N3CC(C)OC(C)C3)nc2)ccc1NC(=O)c1cccnc1. The summed E-state index contributed by atoms with van der Waals surface area (Å²) in [6.07, 6.45) is 4.90. The minimum Gasteiger partial charge on any atom is -0.494 e. The summed E-state index contributed by atoms with van der Waals surface area (Å²) in [6, 6.07) is 12.0. The number of aromatic nitrogens is 2. The molecule has 3 aromatic rings. The maximum atomic E-state index is 12.8. The minimum atomic E-state index is -0.307. The number of benzene rings is 1. The third-order valence-corrected chi connectivity index (χ3v) is 5.38. The number of amides is 2. The van der Waals surface area contributed by atoms with E-state index in [9.17, 15) is 9.59 Å². The maximum Gasteiger partial charge on any atom is 0.257 e. The van der Waals surface area contributed by atoms with E-state index in [2.05, 4.69) is 25.5 Å². The van der Waals surface area contributed by atoms with Crippen LogP contribution >= 0.6 is 0 Å². The molecule has 0 spiro atoms. The first-order valence-corrected chi connectivity index (χ1v) is 11.0. The van der Waals surface area contributed by atoms with Crippen LogP contribution in [0.15, 0.2) is 61.1 Å². The van der Waals surface area contributed by atoms with E-state index in [-0.39, 0.29) is 24.0 Å². The standard InChI is InChI=1S/C25H27N5O4/c1-16-14-30(15-17(2)34-16)23-9-6-19(13-27-23)24(31)28-20-7-8-21(22(11-20)33-3)29-25(32)18-5-4-10-26-12-18/h4-13,16-17H,14-15H2,1-3H3,(H,28,31)(H,29,32). The number of nitrogens with zero attached hydrogens (tertiary/aromatic N) is 3. The molecule has 9 nitrogen and oxygen atoms in total. The number of hydrogen-bond acceptors (Lipinski definition) is 7. The lowest BCUT2D eigenvalue weighted by atomic mass is 10.2. The molecular formula is C25H27N5O4. The van der Waals surface area contributed by atoms with Gasteiger partial charge in [-0.3, -0.25) is 14.6 Å². The Morgan fingerprint density at radius 3 is 2.38 bits per heavy atom. The molecule has 176 valence electrons. The van der Waals surface area contributed by atoms with E-state index < -0.39 is 0 Å². The highest BCUT2D eigenvalue weighted by Gasteiger charge is 2.23. The molecule has 0 bridgehead atoms. The molecule has 2 unspecified atom stereocenters. The van der Waals surface area contributed by atoms with E-state index in [4.69, 9.17) is 9.47 Å². The van der Waals surface area contributed by atoms with E-state index >= 15 is 0 Å². The van der Waals surface area contributed by atoms with Crippen molar-refractivity contribution in [1.29, 1.82) is 0 Å². The van der Waals surface area contributed by atoms with Crippen molar-refractivity contribution in [2.24, 2.45) is 0 Å². The Balaban J connectivity index is 1.42. The fraction of sp³-hybridized carbons (Fsp3) is 0.280. The van der Waals surface area contributed by atoms with E-state index in [1.54, 1.807) is 48.8 Å². The zero-order valence-corrected chi connectivity index (χ0v) is 19.3. The molecule has 4 rings (SSSR count). The van der Waals surface area contributed by atoms with Crippen LogP contribution in [-0.2, 0) is 4.74 Å². The van der Waals surface area contributed by atoms with Gasteiger partial charge in [0.15, 0.2) is 0 Å². The molecule has 2 N–H and O–H groups in total. The monoisotopic (exact) mass is 461 g/mol. The smallest absolute Gasteiger partial charge is 0.257 e. The van der Waals surface area contributed by atoms with Crippen molar-refractivity contribution in [3.8, 4) is 5.75 Å². The van der Waals surface area contributed by atoms with Crippen molar-refractivity contribution in [3.63, 3.8) is 0 Å². The highest BCUT2D eigenvalue weighted by molar-refractivity contribution is 6.06. The van der Waals surface area contributed by atoms with Crippen molar-refractivity contribution < 1.29 is 19.1 Å². The predicted octanol–water partition coefficient (Wildman–Crippen LogP) is 3.60. The lowest BCUT2D eigenvalue weighted by molar-refractivity contribution is -0.00546. The van der Waals surface area contributed by atoms with Crippen molar-refractivity contribution in [2.45, 2.75) is 26.1 Å². The van der Waals surface area contributed by atoms with Gasteiger partial charge in [-0.1, -0.05) is 0 Å². The molecule has 0 saturated carbocycles. The Hall–Kier alpha value is -3.98. The summed E-state index contributed by atoms with van der Waals surface area (Å²) in [5.74, 6) is 0.628. The Kier molecular flexibility index (Phi) is 7.03. The van der Waals surface area contributed by atoms with Gasteiger partial charge in [0.05, 0.1) is 36.1 Å². The van der Waals surface area contributed by atoms with Crippen LogP contribution in [-0.4, -0.2) is 54.2 Å². The summed E-state index contributed by atoms with van der Waals surface area (Å²) >= 11 is 0. The topological polar surface area (TPSA) is 106 Å². The summed E-state index contributed by atoms with van der Waals surface area (Å²) in [4.78, 5) is 35.7. The van der Waals surface area contributed by atoms with E-state index in [0.29, 0.717) is 28.3 Å². The number of hydrogen-bond donors (Lipinski definition) is 2. The van der Waals surface area contributed by atoms with Crippen LogP contribution in [0.1, 0.15) is 34.6 Å². The molecule has 0 aliphatic carbocycles. The van der Waals surface area contributed by atoms with Gasteiger partial charge in [0.2, 0.25) is 0 Å². The molecule has 1 aliphatic rings. The van der Waals surface area contributed by atoms with Gasteiger partial charge in [0.1, 0.15) is 11.6 Å². The zero-order valence-electron chi connectivity index (χ0n) is 19.3. The highest BCUT2D eigenvalue weighted by Crippen LogP contribution is 2.29. The highest BCUT2D eigenvalue weighted by atomic mass is 16.5. The fourth-order valence-corrected chi connectivity index (χ4v) is 3.84. The Morgan fingerprint density at radius 2 is 1.74 bits per heavy atom. The molecule has 1 saturated heterocycles. The second-order valence-electron chi connectivity index (χ2n) is 8.13. The molecular weight excluding hydrogens is 434 g/mol. The molecule has 1 fully saturated rings. The quantitative estimate of drug-likeness (QED) is 0.578. The molecule has 2 aromatic heterocycles. The van der Waals surface area contributed by atoms with E-state index in [1.807, 2.05) is 19.9 Å². The van der Waals surface area contributed by atoms with Crippen LogP contribution in [0.25, 0.3) is 0 Å². The average molecular weight is 462 g/mol. The minimum absolute atomic E-state index is 0.126. The third-order valence-electron chi connectivity index (χ3n) is 5.38. The number of anilines is 3. The van der Waals surface area contributed by atoms with Crippen molar-refractivity contribution >= 4 is 29.0 Å². The van der Waals surface area contributed by atoms with Crippen molar-refractivity contribution in [1.82, 2.24) is 9.97 Å². The Labute approximate surface area is 198 Å². The van der Waals surface area contributed by atoms with Gasteiger partial charge in [0, 0.05) is 43.4 Å². The first-order chi connectivity index (χ1) is 16.4. The number of carbonyl (C=O) groups is 2. The number of morpholine rings is 1. The molecule has 1 aromatic carbocycles. The molecule has 0 radical (unpaired) electrons. The lowest BCUT2D eigenvalue weighted by Gasteiger charge is -2.36. The van der Waals surface area contributed by atoms with Gasteiger partial charge in [-0.25, -0.2) is 4.98 Å². The summed E-state index contributed by atoms with van der Waals surface area (Å²) in [5.41, 5.74) is 1.88. The summed E-state index contributed by atoms with van der Waals surface area (Å²) in [5, 5.41) is 5.64. The van der Waals surface area contributed by atoms with E-state index in [0.717, 1.165) is 18.9 Å². The van der Waals surface area contributed by atoms with Gasteiger partial charge in [0.25, 0.3) is 11.8 Å². The van der Waals surface area contributed by atoms with Crippen LogP contribution in [0.4, 0.5) is 17.2 Å². The predicted molar refractivity (Wildman–Crippen MR) is 130 cm³/mol. The molecule has 34 heavy (non-hydrogen) atoms. The number of pyridine rings is 2. The number of methoxy groups -OCH3 is 1. The maximum absolute atomic E-state index is 12.8. The Morgan fingerprint density at radius 1 is 1.00 bits per heavy atom. The van der Waals surface area contributed by atoms with Crippen LogP contribution in [0, 0.1) is 0 Å². The first kappa shape index (κ1) is 23.2. The third kappa shape index (κ3) is 5.49. The fourth-order valence-electron chi connectivity index (χ4n) is 3.84. The van der Waals surface area contributed by atoms with Crippen LogP contribution in [0.3, 0.4) is 0 Å². The molecule has 1 aliphatic heterocycles. The molecule has 2 amide bonds. The largest absolute Gasteiger partial charge is 0.494 e. The van der Waals surface area contributed by atoms with Crippen LogP contribution in [0.5, 0.6) is 5.75 Å². The number of carbonyl (C=O) groups excluding carboxylic acids is 2. The van der Waals surface area contributed by atoms with Crippen LogP contribution in [0.2, 0.25) is 0 Å². The second kappa shape index (κ2) is 10.3. The molecule has 2 atom stereocenters. The number of nitrogens with one attached hydrogen (secondary N) is 2. The van der Waals surface area contributed by atoms with Crippen molar-refractivity contribution in [2.75, 3.05) is 35.7 Å². The van der Waals surface area contributed by atoms with E-state index in [1.165, 1.54) is 13.3 Å². The zero-order chi connectivity index (χ0) is 24.1. The van der Waals surface area contributed by atoms with Crippen molar-refractivity contribution in [3.05, 3.63) is 72.2 Å². The van der Waals surface area contributed by atoms with Gasteiger partial charge in [-0.05, 0) is 50.2 Å². The normalized spacial score (nSPS) is 17.7. The number of rotatable bonds is 6. The van der Waals surface area contributed by atoms with Crippen LogP contribution < -0.4 is 20.3 Å². The second-order valence-corrected chi connectivity index (χ2v) is 8.13. The van der Waals surface area contributed by atoms with Gasteiger partial charge >= 0.3 is 0 Å². The first-order valence-electron chi connectivity index (χ1n) is 11.0. The summed E-state index contributed by atoms with van der Waals surface area (Å²) in [6.45, 7) is 5.58. The molecule has 3 heterocycles. The summed E-state index contributed by atoms with van der Waals surface area (Å²) in [7, 11) is 1.50. The van der Waals surface area contributed by atoms with Gasteiger partial charge in [-0.2, -0.15) is 0 Å². The van der Waals surface area contributed by atoms with Gasteiger partial charge in [-0.15, -0.1) is 0 Å². The molecule has 9 heteroatoms.